The van der Waals surface area contributed by atoms with Gasteiger partial charge in [-0.2, -0.15) is 5.10 Å². The number of nitrogens with zero attached hydrogens (tertiary/aromatic N) is 3. The molecule has 1 aliphatic carbocycles. The van der Waals surface area contributed by atoms with E-state index in [2.05, 4.69) is 15.6 Å². The Bertz CT molecular complexity index is 478. The molecule has 0 radical (unpaired) electrons. The first-order chi connectivity index (χ1) is 10.2. The summed E-state index contributed by atoms with van der Waals surface area (Å²) in [5.41, 5.74) is 4.96. The third kappa shape index (κ3) is 3.53. The lowest BCUT2D eigenvalue weighted by Gasteiger charge is -2.34. The van der Waals surface area contributed by atoms with E-state index in [9.17, 15) is 4.79 Å². The molecule has 0 bridgehead atoms. The Morgan fingerprint density at radius 2 is 2.19 bits per heavy atom. The first kappa shape index (κ1) is 15.3. The quantitative estimate of drug-likeness (QED) is 0.240. The Labute approximate surface area is 124 Å². The van der Waals surface area contributed by atoms with Crippen molar-refractivity contribution in [3.05, 3.63) is 18.5 Å². The van der Waals surface area contributed by atoms with Crippen molar-refractivity contribution in [2.24, 2.45) is 16.3 Å². The molecule has 1 saturated carbocycles. The van der Waals surface area contributed by atoms with Gasteiger partial charge >= 0.3 is 0 Å². The van der Waals surface area contributed by atoms with Gasteiger partial charge in [-0.1, -0.05) is 24.4 Å². The molecule has 0 atom stereocenters. The summed E-state index contributed by atoms with van der Waals surface area (Å²) in [6.07, 6.45) is 8.65. The monoisotopic (exact) mass is 293 g/mol. The Morgan fingerprint density at radius 1 is 1.43 bits per heavy atom. The fraction of sp³-hybridized carbons (Fsp3) is 0.643. The lowest BCUT2D eigenvalue weighted by atomic mass is 9.72. The zero-order valence-corrected chi connectivity index (χ0v) is 12.2. The van der Waals surface area contributed by atoms with Gasteiger partial charge in [-0.05, 0) is 25.3 Å². The highest BCUT2D eigenvalue weighted by atomic mass is 16.4. The van der Waals surface area contributed by atoms with Crippen LogP contribution in [0.4, 0.5) is 0 Å². The second kappa shape index (κ2) is 7.10. The minimum Gasteiger partial charge on any atom is -0.409 e. The average Bonchev–Trinajstić information content (AvgIpc) is 3.04. The largest absolute Gasteiger partial charge is 0.409 e. The smallest absolute Gasteiger partial charge is 0.233 e. The Kier molecular flexibility index (Phi) is 5.19. The van der Waals surface area contributed by atoms with Gasteiger partial charge in [-0.15, -0.1) is 0 Å². The molecule has 4 N–H and O–H groups in total. The van der Waals surface area contributed by atoms with Gasteiger partial charge in [0, 0.05) is 25.5 Å². The van der Waals surface area contributed by atoms with E-state index in [1.165, 1.54) is 0 Å². The maximum absolute atomic E-state index is 12.5. The summed E-state index contributed by atoms with van der Waals surface area (Å²) in [7, 11) is 0. The van der Waals surface area contributed by atoms with Crippen LogP contribution < -0.4 is 11.1 Å². The number of hydrogen-bond donors (Lipinski definition) is 3. The predicted molar refractivity (Wildman–Crippen MR) is 78.8 cm³/mol. The third-order valence-corrected chi connectivity index (χ3v) is 4.15. The summed E-state index contributed by atoms with van der Waals surface area (Å²) < 4.78 is 1.83. The molecule has 0 unspecified atom stereocenters. The number of nitrogens with one attached hydrogen (secondary N) is 1. The van der Waals surface area contributed by atoms with Crippen molar-refractivity contribution in [1.29, 1.82) is 0 Å². The Morgan fingerprint density at radius 3 is 2.81 bits per heavy atom. The number of oxime groups is 1. The second-order valence-corrected chi connectivity index (χ2v) is 5.51. The lowest BCUT2D eigenvalue weighted by molar-refractivity contribution is -0.129. The van der Waals surface area contributed by atoms with Gasteiger partial charge in [0.2, 0.25) is 5.91 Å². The van der Waals surface area contributed by atoms with Crippen LogP contribution in [0.15, 0.2) is 23.6 Å². The van der Waals surface area contributed by atoms with Crippen LogP contribution in [0.5, 0.6) is 0 Å². The molecule has 7 heteroatoms. The molecular formula is C14H23N5O2. The van der Waals surface area contributed by atoms with Crippen LogP contribution in [0.2, 0.25) is 0 Å². The summed E-state index contributed by atoms with van der Waals surface area (Å²) in [4.78, 5) is 12.5. The predicted octanol–water partition coefficient (Wildman–Crippen LogP) is 1.09. The van der Waals surface area contributed by atoms with Crippen LogP contribution in [0.1, 0.15) is 38.5 Å². The number of aryl methyl sites for hydroxylation is 1. The average molecular weight is 293 g/mol. The molecule has 0 saturated heterocycles. The Balaban J connectivity index is 1.87. The molecule has 2 rings (SSSR count). The van der Waals surface area contributed by atoms with Crippen molar-refractivity contribution >= 4 is 11.7 Å². The van der Waals surface area contributed by atoms with Crippen LogP contribution in [-0.2, 0) is 11.3 Å². The zero-order chi connectivity index (χ0) is 15.1. The molecule has 1 aliphatic rings. The van der Waals surface area contributed by atoms with Gasteiger partial charge in [0.05, 0.1) is 0 Å². The van der Waals surface area contributed by atoms with Crippen molar-refractivity contribution in [2.45, 2.75) is 45.1 Å². The number of amidine groups is 1. The van der Waals surface area contributed by atoms with E-state index in [1.807, 2.05) is 16.9 Å². The van der Waals surface area contributed by atoms with E-state index in [1.54, 1.807) is 6.20 Å². The van der Waals surface area contributed by atoms with E-state index < -0.39 is 5.41 Å². The number of rotatable bonds is 6. The number of hydrogen-bond acceptors (Lipinski definition) is 4. The molecule has 116 valence electrons. The molecule has 0 spiro atoms. The van der Waals surface area contributed by atoms with Crippen molar-refractivity contribution in [3.8, 4) is 0 Å². The van der Waals surface area contributed by atoms with Gasteiger partial charge < -0.3 is 16.3 Å². The minimum atomic E-state index is -0.835. The van der Waals surface area contributed by atoms with Crippen LogP contribution in [0.25, 0.3) is 0 Å². The van der Waals surface area contributed by atoms with Gasteiger partial charge in [0.15, 0.2) is 5.84 Å². The van der Waals surface area contributed by atoms with Crippen LogP contribution in [0.3, 0.4) is 0 Å². The van der Waals surface area contributed by atoms with Gasteiger partial charge in [-0.3, -0.25) is 9.48 Å². The van der Waals surface area contributed by atoms with Gasteiger partial charge in [0.25, 0.3) is 0 Å². The molecule has 1 amide bonds. The van der Waals surface area contributed by atoms with Crippen LogP contribution >= 0.6 is 0 Å². The summed E-state index contributed by atoms with van der Waals surface area (Å²) in [6.45, 7) is 1.31. The van der Waals surface area contributed by atoms with E-state index >= 15 is 0 Å². The van der Waals surface area contributed by atoms with E-state index in [-0.39, 0.29) is 11.7 Å². The molecule has 7 nitrogen and oxygen atoms in total. The molecule has 0 aromatic carbocycles. The lowest BCUT2D eigenvalue weighted by Crippen LogP contribution is -2.51. The fourth-order valence-electron chi connectivity index (χ4n) is 2.90. The normalized spacial score (nSPS) is 18.4. The molecule has 0 aliphatic heterocycles. The summed E-state index contributed by atoms with van der Waals surface area (Å²) >= 11 is 0. The first-order valence-corrected chi connectivity index (χ1v) is 7.43. The highest BCUT2D eigenvalue weighted by molar-refractivity contribution is 6.06. The fourth-order valence-corrected chi connectivity index (χ4v) is 2.90. The molecule has 1 fully saturated rings. The minimum absolute atomic E-state index is 0.0341. The van der Waals surface area contributed by atoms with Gasteiger partial charge in [-0.25, -0.2) is 0 Å². The molecule has 1 aromatic rings. The van der Waals surface area contributed by atoms with Crippen molar-refractivity contribution in [3.63, 3.8) is 0 Å². The zero-order valence-electron chi connectivity index (χ0n) is 12.2. The Hall–Kier alpha value is -2.05. The van der Waals surface area contributed by atoms with E-state index in [0.29, 0.717) is 19.4 Å². The standard InChI is InChI=1S/C14H23N5O2/c15-12(18-21)14(6-2-1-3-7-14)13(20)16-8-4-10-19-11-5-9-17-19/h5,9,11,21H,1-4,6-8,10H2,(H2,15,18)(H,16,20). The maximum atomic E-state index is 12.5. The maximum Gasteiger partial charge on any atom is 0.233 e. The molecule has 1 aromatic heterocycles. The van der Waals surface area contributed by atoms with Crippen molar-refractivity contribution in [1.82, 2.24) is 15.1 Å². The van der Waals surface area contributed by atoms with E-state index in [0.717, 1.165) is 32.2 Å². The summed E-state index contributed by atoms with van der Waals surface area (Å²) in [5, 5.41) is 19.1. The number of aromatic nitrogens is 2. The van der Waals surface area contributed by atoms with Crippen molar-refractivity contribution < 1.29 is 10.0 Å². The number of amides is 1. The van der Waals surface area contributed by atoms with Crippen LogP contribution in [0, 0.1) is 5.41 Å². The topological polar surface area (TPSA) is 106 Å². The second-order valence-electron chi connectivity index (χ2n) is 5.51. The third-order valence-electron chi connectivity index (χ3n) is 4.15. The number of nitrogens with two attached hydrogens (primary N) is 1. The summed E-state index contributed by atoms with van der Waals surface area (Å²) in [5.74, 6) is -0.0928. The highest BCUT2D eigenvalue weighted by Crippen LogP contribution is 2.36. The highest BCUT2D eigenvalue weighted by Gasteiger charge is 2.43. The number of carbonyl (C=O) groups excluding carboxylic acids is 1. The molecule has 1 heterocycles. The number of carbonyl (C=O) groups is 1. The summed E-state index contributed by atoms with van der Waals surface area (Å²) in [6, 6.07) is 1.87. The van der Waals surface area contributed by atoms with Crippen LogP contribution in [-0.4, -0.2) is 33.3 Å². The van der Waals surface area contributed by atoms with Crippen molar-refractivity contribution in [2.75, 3.05) is 6.54 Å². The SMILES string of the molecule is N/C(=N/O)C1(C(=O)NCCCn2cccn2)CCCCC1. The molecule has 21 heavy (non-hydrogen) atoms. The van der Waals surface area contributed by atoms with E-state index in [4.69, 9.17) is 10.9 Å². The first-order valence-electron chi connectivity index (χ1n) is 7.43. The van der Waals surface area contributed by atoms with Gasteiger partial charge in [0.1, 0.15) is 5.41 Å². The molecular weight excluding hydrogens is 270 g/mol.